The minimum atomic E-state index is -0.532. The summed E-state index contributed by atoms with van der Waals surface area (Å²) in [5, 5.41) is 6.54. The van der Waals surface area contributed by atoms with Crippen molar-refractivity contribution >= 4 is 45.8 Å². The molecule has 1 aliphatic heterocycles. The van der Waals surface area contributed by atoms with Crippen LogP contribution in [0.4, 0.5) is 29.0 Å². The van der Waals surface area contributed by atoms with Crippen molar-refractivity contribution in [2.24, 2.45) is 0 Å². The van der Waals surface area contributed by atoms with Gasteiger partial charge >= 0.3 is 0 Å². The lowest BCUT2D eigenvalue weighted by atomic mass is 10.1. The van der Waals surface area contributed by atoms with Crippen LogP contribution in [0.2, 0.25) is 0 Å². The fourth-order valence-electron chi connectivity index (χ4n) is 4.07. The predicted molar refractivity (Wildman–Crippen MR) is 142 cm³/mol. The molecule has 1 aromatic carbocycles. The van der Waals surface area contributed by atoms with E-state index in [4.69, 9.17) is 17.1 Å². The molecule has 5 rings (SSSR count). The van der Waals surface area contributed by atoms with Gasteiger partial charge in [0.2, 0.25) is 5.95 Å². The fourth-order valence-corrected chi connectivity index (χ4v) is 4.07. The number of amides is 1. The number of rotatable bonds is 5. The van der Waals surface area contributed by atoms with Crippen molar-refractivity contribution < 1.29 is 4.79 Å². The minimum absolute atomic E-state index is 0.336. The van der Waals surface area contributed by atoms with Gasteiger partial charge in [0, 0.05) is 49.0 Å². The van der Waals surface area contributed by atoms with Crippen molar-refractivity contribution in [2.75, 3.05) is 54.5 Å². The van der Waals surface area contributed by atoms with Gasteiger partial charge in [-0.3, -0.25) is 9.78 Å². The van der Waals surface area contributed by atoms with Crippen molar-refractivity contribution in [3.8, 4) is 23.6 Å². The number of para-hydroxylation sites is 1. The summed E-state index contributed by atoms with van der Waals surface area (Å²) in [5.41, 5.74) is 9.55. The number of pyridine rings is 2. The molecule has 0 spiro atoms. The lowest BCUT2D eigenvalue weighted by molar-refractivity contribution is -0.111. The highest BCUT2D eigenvalue weighted by molar-refractivity contribution is 6.04. The van der Waals surface area contributed by atoms with E-state index in [1.165, 1.54) is 0 Å². The Hall–Kier alpha value is -4.75. The van der Waals surface area contributed by atoms with E-state index in [9.17, 15) is 4.79 Å². The summed E-state index contributed by atoms with van der Waals surface area (Å²) in [6.45, 7) is 3.93. The van der Waals surface area contributed by atoms with Gasteiger partial charge in [0.1, 0.15) is 11.6 Å². The SMILES string of the molecule is C#CC(=O)Nc1ccnc(-c2cccc3c(N)nc(Nc4ccc(N5CCN(C)CC5)nc4)nc23)c1. The first kappa shape index (κ1) is 23.0. The van der Waals surface area contributed by atoms with Crippen LogP contribution in [0.5, 0.6) is 0 Å². The van der Waals surface area contributed by atoms with E-state index in [-0.39, 0.29) is 0 Å². The number of aromatic nitrogens is 4. The molecule has 1 fully saturated rings. The largest absolute Gasteiger partial charge is 0.383 e. The van der Waals surface area contributed by atoms with Crippen LogP contribution in [-0.2, 0) is 4.79 Å². The van der Waals surface area contributed by atoms with Gasteiger partial charge in [0.25, 0.3) is 5.91 Å². The Morgan fingerprint density at radius 3 is 2.64 bits per heavy atom. The minimum Gasteiger partial charge on any atom is -0.383 e. The number of terminal acetylenes is 1. The normalized spacial score (nSPS) is 13.8. The lowest BCUT2D eigenvalue weighted by Crippen LogP contribution is -2.44. The third kappa shape index (κ3) is 4.87. The molecule has 0 atom stereocenters. The van der Waals surface area contributed by atoms with E-state index in [0.717, 1.165) is 43.2 Å². The second-order valence-corrected chi connectivity index (χ2v) is 8.48. The molecule has 0 bridgehead atoms. The van der Waals surface area contributed by atoms with E-state index in [1.54, 1.807) is 24.5 Å². The van der Waals surface area contributed by atoms with Crippen LogP contribution in [0.15, 0.2) is 54.9 Å². The van der Waals surface area contributed by atoms with Crippen LogP contribution in [0.1, 0.15) is 0 Å². The quantitative estimate of drug-likeness (QED) is 0.371. The number of nitrogens with one attached hydrogen (secondary N) is 2. The molecule has 180 valence electrons. The van der Waals surface area contributed by atoms with Crippen LogP contribution >= 0.6 is 0 Å². The molecule has 4 N–H and O–H groups in total. The molecule has 4 aromatic rings. The second-order valence-electron chi connectivity index (χ2n) is 8.48. The van der Waals surface area contributed by atoms with Crippen molar-refractivity contribution in [3.05, 3.63) is 54.9 Å². The Balaban J connectivity index is 1.43. The number of hydrogen-bond donors (Lipinski definition) is 3. The average Bonchev–Trinajstić information content (AvgIpc) is 2.89. The molecule has 10 nitrogen and oxygen atoms in total. The Kier molecular flexibility index (Phi) is 6.30. The van der Waals surface area contributed by atoms with E-state index in [1.807, 2.05) is 36.3 Å². The van der Waals surface area contributed by atoms with Crippen LogP contribution in [0.25, 0.3) is 22.2 Å². The van der Waals surface area contributed by atoms with Gasteiger partial charge < -0.3 is 26.2 Å². The number of fused-ring (bicyclic) bond motifs is 1. The van der Waals surface area contributed by atoms with Gasteiger partial charge in [0.05, 0.1) is 23.1 Å². The summed E-state index contributed by atoms with van der Waals surface area (Å²) in [5.74, 6) is 3.13. The summed E-state index contributed by atoms with van der Waals surface area (Å²) in [4.78, 5) is 34.4. The number of likely N-dealkylation sites (N-methyl/N-ethyl adjacent to an activating group) is 1. The zero-order valence-corrected chi connectivity index (χ0v) is 19.8. The van der Waals surface area contributed by atoms with Crippen molar-refractivity contribution in [1.29, 1.82) is 0 Å². The number of carbonyl (C=O) groups excluding carboxylic acids is 1. The molecular weight excluding hydrogens is 454 g/mol. The number of benzene rings is 1. The number of carbonyl (C=O) groups is 1. The van der Waals surface area contributed by atoms with E-state index >= 15 is 0 Å². The summed E-state index contributed by atoms with van der Waals surface area (Å²) >= 11 is 0. The van der Waals surface area contributed by atoms with Crippen molar-refractivity contribution in [2.45, 2.75) is 0 Å². The Morgan fingerprint density at radius 1 is 1.06 bits per heavy atom. The Bertz CT molecular complexity index is 1460. The van der Waals surface area contributed by atoms with Gasteiger partial charge in [-0.05, 0) is 43.3 Å². The zero-order chi connectivity index (χ0) is 25.1. The van der Waals surface area contributed by atoms with E-state index in [0.29, 0.717) is 34.1 Å². The Morgan fingerprint density at radius 2 is 1.89 bits per heavy atom. The van der Waals surface area contributed by atoms with Gasteiger partial charge in [-0.15, -0.1) is 6.42 Å². The summed E-state index contributed by atoms with van der Waals surface area (Å²) in [7, 11) is 2.13. The highest BCUT2D eigenvalue weighted by Gasteiger charge is 2.16. The highest BCUT2D eigenvalue weighted by Crippen LogP contribution is 2.31. The van der Waals surface area contributed by atoms with E-state index < -0.39 is 5.91 Å². The lowest BCUT2D eigenvalue weighted by Gasteiger charge is -2.33. The first-order valence-electron chi connectivity index (χ1n) is 11.5. The molecule has 3 aromatic heterocycles. The number of nitrogen functional groups attached to an aromatic ring is 1. The highest BCUT2D eigenvalue weighted by atomic mass is 16.1. The third-order valence-electron chi connectivity index (χ3n) is 6.01. The topological polar surface area (TPSA) is 125 Å². The summed E-state index contributed by atoms with van der Waals surface area (Å²) < 4.78 is 0. The molecule has 0 unspecified atom stereocenters. The van der Waals surface area contributed by atoms with Crippen molar-refractivity contribution in [3.63, 3.8) is 0 Å². The summed E-state index contributed by atoms with van der Waals surface area (Å²) in [6.07, 6.45) is 8.53. The summed E-state index contributed by atoms with van der Waals surface area (Å²) in [6, 6.07) is 12.9. The molecule has 36 heavy (non-hydrogen) atoms. The second kappa shape index (κ2) is 9.85. The maximum atomic E-state index is 11.6. The fraction of sp³-hybridized carbons (Fsp3) is 0.192. The molecule has 1 amide bonds. The van der Waals surface area contributed by atoms with Gasteiger partial charge in [0.15, 0.2) is 0 Å². The molecule has 1 aliphatic rings. The predicted octanol–water partition coefficient (Wildman–Crippen LogP) is 2.74. The maximum absolute atomic E-state index is 11.6. The van der Waals surface area contributed by atoms with Crippen molar-refractivity contribution in [1.82, 2.24) is 24.8 Å². The number of hydrogen-bond acceptors (Lipinski definition) is 9. The van der Waals surface area contributed by atoms with Crippen LogP contribution < -0.4 is 21.3 Å². The monoisotopic (exact) mass is 479 g/mol. The van der Waals surface area contributed by atoms with Gasteiger partial charge in [-0.2, -0.15) is 4.98 Å². The number of piperazine rings is 1. The van der Waals surface area contributed by atoms with Crippen LogP contribution in [-0.4, -0.2) is 64.0 Å². The first-order chi connectivity index (χ1) is 17.5. The average molecular weight is 480 g/mol. The van der Waals surface area contributed by atoms with Crippen LogP contribution in [0, 0.1) is 12.3 Å². The molecule has 4 heterocycles. The standard InChI is InChI=1S/C26H25N9O/c1-3-23(36)30-17-9-10-28-21(15-17)19-5-4-6-20-24(19)32-26(33-25(20)27)31-18-7-8-22(29-16-18)35-13-11-34(2)12-14-35/h1,4-10,15-16H,11-14H2,2H3,(H,28,30,36)(H3,27,31,32,33). The third-order valence-corrected chi connectivity index (χ3v) is 6.01. The molecular formula is C26H25N9O. The van der Waals surface area contributed by atoms with Gasteiger partial charge in [-0.1, -0.05) is 12.1 Å². The smallest absolute Gasteiger partial charge is 0.300 e. The van der Waals surface area contributed by atoms with Crippen LogP contribution in [0.3, 0.4) is 0 Å². The Labute approximate surface area is 208 Å². The van der Waals surface area contributed by atoms with E-state index in [2.05, 4.69) is 42.4 Å². The zero-order valence-electron chi connectivity index (χ0n) is 19.8. The molecule has 0 saturated carbocycles. The molecule has 1 saturated heterocycles. The molecule has 0 radical (unpaired) electrons. The molecule has 10 heteroatoms. The number of nitrogens with zero attached hydrogens (tertiary/aromatic N) is 6. The number of anilines is 5. The van der Waals surface area contributed by atoms with Gasteiger partial charge in [-0.25, -0.2) is 9.97 Å². The first-order valence-corrected chi connectivity index (χ1v) is 11.5. The number of nitrogens with two attached hydrogens (primary N) is 1. The maximum Gasteiger partial charge on any atom is 0.300 e. The molecule has 0 aliphatic carbocycles.